The molecule has 9 aromatic carbocycles. The number of hydrogen-bond acceptors (Lipinski definition) is 0. The molecule has 11 rings (SSSR count). The van der Waals surface area contributed by atoms with Crippen LogP contribution < -0.4 is 0 Å². The molecule has 0 unspecified atom stereocenters. The standard InChI is InChI=1S/C50H32N2/c1-3-15-35(16-4-1)51-45-25-13-11-19-37(45)39-29-27-33(31-47(39)51)49-41-21-7-9-23-43(41)50(44-24-10-8-22-42(44)49)34-28-30-40-38-20-12-14-26-46(38)52(48(40)32-34)36-17-5-2-6-18-36/h1-32H. The van der Waals surface area contributed by atoms with Gasteiger partial charge in [-0.15, -0.1) is 0 Å². The SMILES string of the molecule is c1ccc(-n2c3ccccc3c3ccc(-c4c5ccccc5c(-c5ccc6c7ccccc7n(-c7ccccc7)c6c5)c5ccccc45)cc32)cc1. The summed E-state index contributed by atoms with van der Waals surface area (Å²) in [5.74, 6) is 0. The van der Waals surface area contributed by atoms with Crippen molar-refractivity contribution >= 4 is 65.2 Å². The minimum atomic E-state index is 1.17. The number of para-hydroxylation sites is 4. The van der Waals surface area contributed by atoms with Crippen LogP contribution in [0.15, 0.2) is 194 Å². The zero-order valence-electron chi connectivity index (χ0n) is 28.4. The highest BCUT2D eigenvalue weighted by Gasteiger charge is 2.20. The van der Waals surface area contributed by atoms with E-state index in [9.17, 15) is 0 Å². The van der Waals surface area contributed by atoms with Gasteiger partial charge in [0.1, 0.15) is 0 Å². The molecule has 0 aliphatic heterocycles. The van der Waals surface area contributed by atoms with E-state index in [-0.39, 0.29) is 0 Å². The number of hydrogen-bond donors (Lipinski definition) is 0. The molecule has 0 fully saturated rings. The molecule has 2 nitrogen and oxygen atoms in total. The van der Waals surface area contributed by atoms with Crippen molar-refractivity contribution < 1.29 is 0 Å². The molecule has 0 saturated heterocycles. The Morgan fingerprint density at radius 1 is 0.231 bits per heavy atom. The lowest BCUT2D eigenvalue weighted by atomic mass is 9.85. The van der Waals surface area contributed by atoms with Crippen molar-refractivity contribution in [3.05, 3.63) is 194 Å². The quantitative estimate of drug-likeness (QED) is 0.166. The van der Waals surface area contributed by atoms with E-state index in [0.717, 1.165) is 0 Å². The Morgan fingerprint density at radius 2 is 0.538 bits per heavy atom. The van der Waals surface area contributed by atoms with Crippen molar-refractivity contribution in [2.75, 3.05) is 0 Å². The second kappa shape index (κ2) is 11.3. The van der Waals surface area contributed by atoms with Crippen LogP contribution in [0.4, 0.5) is 0 Å². The van der Waals surface area contributed by atoms with Crippen LogP contribution in [0, 0.1) is 0 Å². The highest BCUT2D eigenvalue weighted by atomic mass is 15.0. The zero-order valence-corrected chi connectivity index (χ0v) is 28.4. The van der Waals surface area contributed by atoms with E-state index in [2.05, 4.69) is 203 Å². The van der Waals surface area contributed by atoms with Crippen LogP contribution in [0.25, 0.3) is 98.8 Å². The van der Waals surface area contributed by atoms with Gasteiger partial charge in [0.2, 0.25) is 0 Å². The number of fused-ring (bicyclic) bond motifs is 8. The molecule has 0 aliphatic carbocycles. The maximum absolute atomic E-state index is 2.41. The van der Waals surface area contributed by atoms with E-state index in [0.29, 0.717) is 0 Å². The Kier molecular flexibility index (Phi) is 6.28. The van der Waals surface area contributed by atoms with E-state index in [1.807, 2.05) is 0 Å². The zero-order chi connectivity index (χ0) is 34.2. The highest BCUT2D eigenvalue weighted by molar-refractivity contribution is 6.23. The van der Waals surface area contributed by atoms with Crippen molar-refractivity contribution in [3.63, 3.8) is 0 Å². The Morgan fingerprint density at radius 3 is 0.923 bits per heavy atom. The third-order valence-electron chi connectivity index (χ3n) is 10.9. The normalized spacial score (nSPS) is 11.8. The summed E-state index contributed by atoms with van der Waals surface area (Å²) < 4.78 is 4.82. The van der Waals surface area contributed by atoms with Gasteiger partial charge >= 0.3 is 0 Å². The van der Waals surface area contributed by atoms with Gasteiger partial charge in [0.05, 0.1) is 22.1 Å². The average molecular weight is 661 g/mol. The minimum Gasteiger partial charge on any atom is -0.309 e. The molecule has 0 aliphatic rings. The van der Waals surface area contributed by atoms with E-state index < -0.39 is 0 Å². The van der Waals surface area contributed by atoms with Crippen LogP contribution in [-0.4, -0.2) is 9.13 Å². The molecule has 52 heavy (non-hydrogen) atoms. The first kappa shape index (κ1) is 28.9. The predicted molar refractivity (Wildman–Crippen MR) is 221 cm³/mol. The van der Waals surface area contributed by atoms with Crippen molar-refractivity contribution in [1.29, 1.82) is 0 Å². The molecule has 0 bridgehead atoms. The summed E-state index contributed by atoms with van der Waals surface area (Å²) >= 11 is 0. The second-order valence-corrected chi connectivity index (χ2v) is 13.7. The van der Waals surface area contributed by atoms with Crippen LogP contribution in [0.2, 0.25) is 0 Å². The van der Waals surface area contributed by atoms with Gasteiger partial charge in [-0.1, -0.05) is 146 Å². The fourth-order valence-corrected chi connectivity index (χ4v) is 8.71. The number of benzene rings is 9. The highest BCUT2D eigenvalue weighted by Crippen LogP contribution is 2.46. The summed E-state index contributed by atoms with van der Waals surface area (Å²) in [7, 11) is 0. The topological polar surface area (TPSA) is 9.86 Å². The lowest BCUT2D eigenvalue weighted by Crippen LogP contribution is -1.95. The van der Waals surface area contributed by atoms with Crippen LogP contribution in [0.3, 0.4) is 0 Å². The van der Waals surface area contributed by atoms with Crippen molar-refractivity contribution in [1.82, 2.24) is 9.13 Å². The molecular formula is C50H32N2. The van der Waals surface area contributed by atoms with Crippen LogP contribution >= 0.6 is 0 Å². The van der Waals surface area contributed by atoms with Gasteiger partial charge in [-0.3, -0.25) is 0 Å². The van der Waals surface area contributed by atoms with Gasteiger partial charge in [0.25, 0.3) is 0 Å². The molecule has 0 amide bonds. The Bertz CT molecular complexity index is 2890. The van der Waals surface area contributed by atoms with Crippen molar-refractivity contribution in [2.45, 2.75) is 0 Å². The third kappa shape index (κ3) is 4.19. The molecule has 0 N–H and O–H groups in total. The molecule has 2 heterocycles. The monoisotopic (exact) mass is 660 g/mol. The molecule has 11 aromatic rings. The molecule has 0 radical (unpaired) electrons. The van der Waals surface area contributed by atoms with Crippen molar-refractivity contribution in [3.8, 4) is 33.6 Å². The van der Waals surface area contributed by atoms with Crippen LogP contribution in [-0.2, 0) is 0 Å². The van der Waals surface area contributed by atoms with Crippen LogP contribution in [0.5, 0.6) is 0 Å². The predicted octanol–water partition coefficient (Wildman–Crippen LogP) is 13.5. The summed E-state index contributed by atoms with van der Waals surface area (Å²) in [5.41, 5.74) is 12.1. The summed E-state index contributed by atoms with van der Waals surface area (Å²) in [6.45, 7) is 0. The Labute approximate surface area is 301 Å². The first-order valence-corrected chi connectivity index (χ1v) is 17.9. The summed E-state index contributed by atoms with van der Waals surface area (Å²) in [4.78, 5) is 0. The molecule has 2 heteroatoms. The van der Waals surface area contributed by atoms with Gasteiger partial charge in [-0.05, 0) is 92.3 Å². The first-order chi connectivity index (χ1) is 25.8. The molecule has 242 valence electrons. The van der Waals surface area contributed by atoms with Gasteiger partial charge in [-0.2, -0.15) is 0 Å². The van der Waals surface area contributed by atoms with Crippen molar-refractivity contribution in [2.24, 2.45) is 0 Å². The lowest BCUT2D eigenvalue weighted by Gasteiger charge is -2.18. The molecule has 0 saturated carbocycles. The molecule has 2 aromatic heterocycles. The summed E-state index contributed by atoms with van der Waals surface area (Å²) in [6, 6.07) is 71.0. The van der Waals surface area contributed by atoms with E-state index in [1.165, 1.54) is 98.8 Å². The third-order valence-corrected chi connectivity index (χ3v) is 10.9. The van der Waals surface area contributed by atoms with Gasteiger partial charge in [0, 0.05) is 32.9 Å². The minimum absolute atomic E-state index is 1.17. The number of nitrogens with zero attached hydrogens (tertiary/aromatic N) is 2. The number of aromatic nitrogens is 2. The van der Waals surface area contributed by atoms with Gasteiger partial charge in [-0.25, -0.2) is 0 Å². The molecule has 0 atom stereocenters. The molecular weight excluding hydrogens is 629 g/mol. The maximum Gasteiger partial charge on any atom is 0.0547 e. The van der Waals surface area contributed by atoms with Gasteiger partial charge in [0.15, 0.2) is 0 Å². The summed E-state index contributed by atoms with van der Waals surface area (Å²) in [6.07, 6.45) is 0. The van der Waals surface area contributed by atoms with E-state index >= 15 is 0 Å². The average Bonchev–Trinajstić information content (AvgIpc) is 3.72. The molecule has 0 spiro atoms. The Hall–Kier alpha value is -6.90. The number of rotatable bonds is 4. The first-order valence-electron chi connectivity index (χ1n) is 17.9. The Balaban J connectivity index is 1.21. The van der Waals surface area contributed by atoms with E-state index in [4.69, 9.17) is 0 Å². The fourth-order valence-electron chi connectivity index (χ4n) is 8.71. The maximum atomic E-state index is 2.41. The van der Waals surface area contributed by atoms with E-state index in [1.54, 1.807) is 0 Å². The fraction of sp³-hybridized carbons (Fsp3) is 0. The summed E-state index contributed by atoms with van der Waals surface area (Å²) in [5, 5.41) is 10.1. The second-order valence-electron chi connectivity index (χ2n) is 13.7. The smallest absolute Gasteiger partial charge is 0.0547 e. The lowest BCUT2D eigenvalue weighted by molar-refractivity contribution is 1.18. The largest absolute Gasteiger partial charge is 0.309 e. The van der Waals surface area contributed by atoms with Crippen LogP contribution in [0.1, 0.15) is 0 Å². The van der Waals surface area contributed by atoms with Gasteiger partial charge < -0.3 is 9.13 Å².